The summed E-state index contributed by atoms with van der Waals surface area (Å²) in [6.07, 6.45) is 0.666. The van der Waals surface area contributed by atoms with Crippen LogP contribution in [0.1, 0.15) is 30.6 Å². The lowest BCUT2D eigenvalue weighted by atomic mass is 10.2. The number of hydrogen-bond acceptors (Lipinski definition) is 5. The van der Waals surface area contributed by atoms with Crippen LogP contribution in [-0.2, 0) is 14.8 Å². The molecule has 0 aromatic heterocycles. The molecule has 0 bridgehead atoms. The van der Waals surface area contributed by atoms with Gasteiger partial charge < -0.3 is 14.8 Å². The van der Waals surface area contributed by atoms with Gasteiger partial charge in [-0.1, -0.05) is 18.2 Å². The highest BCUT2D eigenvalue weighted by atomic mass is 32.2. The molecule has 1 amide bonds. The number of sulfonamides is 1. The third-order valence-corrected chi connectivity index (χ3v) is 5.29. The van der Waals surface area contributed by atoms with Gasteiger partial charge in [0.25, 0.3) is 5.91 Å². The SMILES string of the molecule is COc1ccc(S(=O)(=O)NCCCOC(C)C)cc1NC(=O)c1ccccc1. The minimum atomic E-state index is -3.72. The van der Waals surface area contributed by atoms with E-state index in [1.807, 2.05) is 19.9 Å². The van der Waals surface area contributed by atoms with Crippen molar-refractivity contribution in [1.29, 1.82) is 0 Å². The quantitative estimate of drug-likeness (QED) is 0.592. The van der Waals surface area contributed by atoms with Crippen molar-refractivity contribution in [2.45, 2.75) is 31.3 Å². The van der Waals surface area contributed by atoms with Crippen molar-refractivity contribution in [3.8, 4) is 5.75 Å². The molecule has 2 aromatic carbocycles. The number of rotatable bonds is 10. The van der Waals surface area contributed by atoms with Gasteiger partial charge in [0.1, 0.15) is 5.75 Å². The van der Waals surface area contributed by atoms with Crippen LogP contribution in [0.3, 0.4) is 0 Å². The van der Waals surface area contributed by atoms with Gasteiger partial charge >= 0.3 is 0 Å². The van der Waals surface area contributed by atoms with E-state index in [-0.39, 0.29) is 29.1 Å². The number of benzene rings is 2. The molecule has 28 heavy (non-hydrogen) atoms. The molecule has 0 saturated carbocycles. The molecule has 0 unspecified atom stereocenters. The van der Waals surface area contributed by atoms with E-state index >= 15 is 0 Å². The Balaban J connectivity index is 2.11. The fraction of sp³-hybridized carbons (Fsp3) is 0.350. The monoisotopic (exact) mass is 406 g/mol. The highest BCUT2D eigenvalue weighted by molar-refractivity contribution is 7.89. The standard InChI is InChI=1S/C20H26N2O5S/c1-15(2)27-13-7-12-21-28(24,25)17-10-11-19(26-3)18(14-17)22-20(23)16-8-5-4-6-9-16/h4-6,8-11,14-15,21H,7,12-13H2,1-3H3,(H,22,23). The molecule has 0 aliphatic rings. The van der Waals surface area contributed by atoms with Gasteiger partial charge in [-0.25, -0.2) is 13.1 Å². The zero-order chi connectivity index (χ0) is 20.6. The second-order valence-electron chi connectivity index (χ2n) is 6.35. The van der Waals surface area contributed by atoms with Crippen LogP contribution < -0.4 is 14.8 Å². The summed E-state index contributed by atoms with van der Waals surface area (Å²) >= 11 is 0. The van der Waals surface area contributed by atoms with Gasteiger partial charge in [-0.05, 0) is 50.6 Å². The molecule has 0 spiro atoms. The molecule has 0 radical (unpaired) electrons. The summed E-state index contributed by atoms with van der Waals surface area (Å²) in [5.74, 6) is 0.0146. The molecule has 2 rings (SSSR count). The fourth-order valence-corrected chi connectivity index (χ4v) is 3.52. The van der Waals surface area contributed by atoms with Crippen molar-refractivity contribution >= 4 is 21.6 Å². The van der Waals surface area contributed by atoms with Crippen LogP contribution in [0.2, 0.25) is 0 Å². The second kappa shape index (κ2) is 10.2. The van der Waals surface area contributed by atoms with Crippen molar-refractivity contribution in [3.05, 3.63) is 54.1 Å². The van der Waals surface area contributed by atoms with E-state index in [9.17, 15) is 13.2 Å². The Morgan fingerprint density at radius 3 is 2.46 bits per heavy atom. The predicted molar refractivity (Wildman–Crippen MR) is 108 cm³/mol. The van der Waals surface area contributed by atoms with Gasteiger partial charge in [0.05, 0.1) is 23.8 Å². The third kappa shape index (κ3) is 6.33. The Hall–Kier alpha value is -2.42. The first-order valence-electron chi connectivity index (χ1n) is 8.99. The van der Waals surface area contributed by atoms with Crippen LogP contribution >= 0.6 is 0 Å². The van der Waals surface area contributed by atoms with Crippen LogP contribution in [-0.4, -0.2) is 40.7 Å². The maximum absolute atomic E-state index is 12.5. The first kappa shape index (κ1) is 21.9. The lowest BCUT2D eigenvalue weighted by Crippen LogP contribution is -2.26. The van der Waals surface area contributed by atoms with Crippen molar-refractivity contribution in [1.82, 2.24) is 4.72 Å². The molecule has 8 heteroatoms. The lowest BCUT2D eigenvalue weighted by molar-refractivity contribution is 0.0778. The Morgan fingerprint density at radius 1 is 1.11 bits per heavy atom. The van der Waals surface area contributed by atoms with E-state index in [0.717, 1.165) is 0 Å². The maximum atomic E-state index is 12.5. The molecule has 0 aliphatic heterocycles. The summed E-state index contributed by atoms with van der Waals surface area (Å²) in [4.78, 5) is 12.4. The maximum Gasteiger partial charge on any atom is 0.255 e. The number of methoxy groups -OCH3 is 1. The summed E-state index contributed by atoms with van der Waals surface area (Å²) in [5.41, 5.74) is 0.739. The van der Waals surface area contributed by atoms with Gasteiger partial charge in [0, 0.05) is 18.7 Å². The van der Waals surface area contributed by atoms with E-state index < -0.39 is 10.0 Å². The van der Waals surface area contributed by atoms with Crippen LogP contribution in [0.25, 0.3) is 0 Å². The van der Waals surface area contributed by atoms with Crippen molar-refractivity contribution < 1.29 is 22.7 Å². The van der Waals surface area contributed by atoms with Crippen molar-refractivity contribution in [2.75, 3.05) is 25.6 Å². The van der Waals surface area contributed by atoms with Gasteiger partial charge in [-0.3, -0.25) is 4.79 Å². The number of carbonyl (C=O) groups is 1. The fourth-order valence-electron chi connectivity index (χ4n) is 2.42. The van der Waals surface area contributed by atoms with E-state index in [1.165, 1.54) is 25.3 Å². The topological polar surface area (TPSA) is 93.7 Å². The highest BCUT2D eigenvalue weighted by Crippen LogP contribution is 2.28. The van der Waals surface area contributed by atoms with E-state index in [1.54, 1.807) is 24.3 Å². The van der Waals surface area contributed by atoms with Gasteiger partial charge in [-0.15, -0.1) is 0 Å². The molecule has 0 saturated heterocycles. The van der Waals surface area contributed by atoms with E-state index in [4.69, 9.17) is 9.47 Å². The molecule has 0 fully saturated rings. The number of hydrogen-bond donors (Lipinski definition) is 2. The normalized spacial score (nSPS) is 11.4. The summed E-state index contributed by atoms with van der Waals surface area (Å²) < 4.78 is 38.2. The van der Waals surface area contributed by atoms with Gasteiger partial charge in [0.2, 0.25) is 10.0 Å². The average Bonchev–Trinajstić information content (AvgIpc) is 2.68. The van der Waals surface area contributed by atoms with E-state index in [0.29, 0.717) is 24.3 Å². The first-order chi connectivity index (χ1) is 13.3. The molecular weight excluding hydrogens is 380 g/mol. The molecule has 152 valence electrons. The van der Waals surface area contributed by atoms with Crippen LogP contribution in [0.15, 0.2) is 53.4 Å². The summed E-state index contributed by atoms with van der Waals surface area (Å²) in [6.45, 7) is 4.58. The number of ether oxygens (including phenoxy) is 2. The van der Waals surface area contributed by atoms with Crippen LogP contribution in [0, 0.1) is 0 Å². The molecule has 2 aromatic rings. The van der Waals surface area contributed by atoms with Crippen molar-refractivity contribution in [2.24, 2.45) is 0 Å². The van der Waals surface area contributed by atoms with Crippen LogP contribution in [0.4, 0.5) is 5.69 Å². The summed E-state index contributed by atoms with van der Waals surface area (Å²) in [7, 11) is -2.27. The number of amides is 1. The minimum absolute atomic E-state index is 0.0430. The Labute approximate surface area is 166 Å². The number of carbonyl (C=O) groups excluding carboxylic acids is 1. The molecule has 0 aliphatic carbocycles. The second-order valence-corrected chi connectivity index (χ2v) is 8.12. The van der Waals surface area contributed by atoms with Crippen molar-refractivity contribution in [3.63, 3.8) is 0 Å². The Kier molecular flexibility index (Phi) is 7.98. The highest BCUT2D eigenvalue weighted by Gasteiger charge is 2.17. The molecule has 7 nitrogen and oxygen atoms in total. The lowest BCUT2D eigenvalue weighted by Gasteiger charge is -2.13. The number of nitrogens with one attached hydrogen (secondary N) is 2. The average molecular weight is 407 g/mol. The zero-order valence-electron chi connectivity index (χ0n) is 16.3. The van der Waals surface area contributed by atoms with Gasteiger partial charge in [-0.2, -0.15) is 0 Å². The molecular formula is C20H26N2O5S. The minimum Gasteiger partial charge on any atom is -0.495 e. The molecule has 0 heterocycles. The Bertz CT molecular complexity index is 883. The number of anilines is 1. The predicted octanol–water partition coefficient (Wildman–Crippen LogP) is 3.04. The summed E-state index contributed by atoms with van der Waals surface area (Å²) in [6, 6.07) is 13.0. The Morgan fingerprint density at radius 2 is 1.82 bits per heavy atom. The third-order valence-electron chi connectivity index (χ3n) is 3.83. The summed E-state index contributed by atoms with van der Waals surface area (Å²) in [5, 5.41) is 2.70. The van der Waals surface area contributed by atoms with E-state index in [2.05, 4.69) is 10.0 Å². The van der Waals surface area contributed by atoms with Crippen LogP contribution in [0.5, 0.6) is 5.75 Å². The zero-order valence-corrected chi connectivity index (χ0v) is 17.1. The molecule has 2 N–H and O–H groups in total. The smallest absolute Gasteiger partial charge is 0.255 e. The molecule has 0 atom stereocenters. The first-order valence-corrected chi connectivity index (χ1v) is 10.5. The largest absolute Gasteiger partial charge is 0.495 e. The van der Waals surface area contributed by atoms with Gasteiger partial charge in [0.15, 0.2) is 0 Å².